The van der Waals surface area contributed by atoms with Gasteiger partial charge in [-0.15, -0.1) is 4.37 Å². The number of unbranched alkanes of at least 4 members (excludes halogenated alkanes) is 3. The van der Waals surface area contributed by atoms with Crippen molar-refractivity contribution in [2.24, 2.45) is 5.92 Å². The van der Waals surface area contributed by atoms with Gasteiger partial charge in [-0.2, -0.15) is 4.37 Å². The van der Waals surface area contributed by atoms with Crippen LogP contribution in [0.15, 0.2) is 6.08 Å². The average molecular weight is 429 g/mol. The van der Waals surface area contributed by atoms with Crippen molar-refractivity contribution in [1.29, 1.82) is 0 Å². The van der Waals surface area contributed by atoms with Crippen LogP contribution in [-0.2, 0) is 4.74 Å². The summed E-state index contributed by atoms with van der Waals surface area (Å²) in [6.07, 6.45) is 10.9. The third-order valence-electron chi connectivity index (χ3n) is 5.94. The van der Waals surface area contributed by atoms with Crippen LogP contribution in [0.3, 0.4) is 0 Å². The smallest absolute Gasteiger partial charge is 0.408 e. The van der Waals surface area contributed by atoms with Crippen molar-refractivity contribution >= 4 is 34.3 Å². The van der Waals surface area contributed by atoms with Gasteiger partial charge in [0.1, 0.15) is 12.2 Å². The third kappa shape index (κ3) is 5.24. The number of quaternary nitrogens is 1. The van der Waals surface area contributed by atoms with E-state index in [2.05, 4.69) is 28.8 Å². The molecule has 2 unspecified atom stereocenters. The van der Waals surface area contributed by atoms with Gasteiger partial charge < -0.3 is 9.47 Å². The van der Waals surface area contributed by atoms with Crippen LogP contribution in [0.1, 0.15) is 64.0 Å². The maximum absolute atomic E-state index is 11.5. The lowest BCUT2D eigenvalue weighted by Crippen LogP contribution is -2.60. The van der Waals surface area contributed by atoms with Crippen molar-refractivity contribution in [1.82, 2.24) is 8.75 Å². The van der Waals surface area contributed by atoms with Gasteiger partial charge in [-0.3, -0.25) is 4.48 Å². The van der Waals surface area contributed by atoms with Crippen molar-refractivity contribution in [3.8, 4) is 5.88 Å². The lowest BCUT2D eigenvalue weighted by atomic mass is 9.82. The van der Waals surface area contributed by atoms with E-state index in [-0.39, 0.29) is 6.23 Å². The normalized spacial score (nSPS) is 23.6. The molecule has 1 aromatic heterocycles. The molecule has 1 saturated carbocycles. The van der Waals surface area contributed by atoms with Gasteiger partial charge in [0.15, 0.2) is 0 Å². The molecule has 1 aromatic rings. The molecule has 0 saturated heterocycles. The number of rotatable bonds is 10. The first-order chi connectivity index (χ1) is 13.5. The van der Waals surface area contributed by atoms with Crippen molar-refractivity contribution in [3.63, 3.8) is 0 Å². The number of halogens is 1. The highest BCUT2D eigenvalue weighted by Crippen LogP contribution is 2.39. The van der Waals surface area contributed by atoms with E-state index in [9.17, 15) is 4.79 Å². The Morgan fingerprint density at radius 1 is 1.36 bits per heavy atom. The van der Waals surface area contributed by atoms with Crippen LogP contribution in [0.5, 0.6) is 5.88 Å². The number of ether oxygens (including phenoxy) is 2. The van der Waals surface area contributed by atoms with Gasteiger partial charge in [0.05, 0.1) is 31.9 Å². The van der Waals surface area contributed by atoms with Crippen molar-refractivity contribution in [2.45, 2.75) is 64.5 Å². The number of carbonyl (C=O) groups is 1. The number of likely N-dealkylation sites (N-methyl/N-ethyl adjacent to an activating group) is 1. The summed E-state index contributed by atoms with van der Waals surface area (Å²) in [7, 11) is 2.15. The largest absolute Gasteiger partial charge is 0.475 e. The van der Waals surface area contributed by atoms with Crippen LogP contribution < -0.4 is 4.74 Å². The van der Waals surface area contributed by atoms with Crippen molar-refractivity contribution < 1.29 is 18.8 Å². The number of carbonyl (C=O) groups excluding carboxylic acids is 1. The Hall–Kier alpha value is -1.18. The summed E-state index contributed by atoms with van der Waals surface area (Å²) in [5.74, 6) is 1.02. The molecular weight excluding hydrogens is 398 g/mol. The first-order valence-corrected chi connectivity index (χ1v) is 11.5. The minimum atomic E-state index is -0.709. The minimum absolute atomic E-state index is 0.201. The second-order valence-electron chi connectivity index (χ2n) is 8.14. The van der Waals surface area contributed by atoms with E-state index >= 15 is 0 Å². The highest BCUT2D eigenvalue weighted by molar-refractivity contribution is 6.99. The SMILES string of the molecule is CCCCCCOc1nsnc1C1=CCC[N+](C)(C(OC(=O)Cl)C2CCC2)C1. The van der Waals surface area contributed by atoms with Crippen LogP contribution in [-0.4, -0.2) is 51.6 Å². The summed E-state index contributed by atoms with van der Waals surface area (Å²) in [6, 6.07) is 0. The molecule has 0 bridgehead atoms. The molecule has 2 aliphatic rings. The maximum atomic E-state index is 11.5. The minimum Gasteiger partial charge on any atom is -0.475 e. The quantitative estimate of drug-likeness (QED) is 0.290. The van der Waals surface area contributed by atoms with Gasteiger partial charge in [0.2, 0.25) is 6.23 Å². The molecule has 0 amide bonds. The van der Waals surface area contributed by atoms with Gasteiger partial charge in [-0.1, -0.05) is 38.7 Å². The fraction of sp³-hybridized carbons (Fsp3) is 0.750. The van der Waals surface area contributed by atoms with Crippen LogP contribution in [0.2, 0.25) is 0 Å². The van der Waals surface area contributed by atoms with E-state index < -0.39 is 5.43 Å². The fourth-order valence-corrected chi connectivity index (χ4v) is 4.80. The first-order valence-electron chi connectivity index (χ1n) is 10.4. The predicted molar refractivity (Wildman–Crippen MR) is 112 cm³/mol. The average Bonchev–Trinajstić information content (AvgIpc) is 3.08. The first kappa shape index (κ1) is 21.5. The lowest BCUT2D eigenvalue weighted by molar-refractivity contribution is -0.951. The van der Waals surface area contributed by atoms with Gasteiger partial charge >= 0.3 is 5.43 Å². The molecule has 6 nitrogen and oxygen atoms in total. The molecule has 28 heavy (non-hydrogen) atoms. The monoisotopic (exact) mass is 428 g/mol. The molecule has 8 heteroatoms. The Bertz CT molecular complexity index is 692. The number of aromatic nitrogens is 2. The zero-order valence-electron chi connectivity index (χ0n) is 16.9. The van der Waals surface area contributed by atoms with E-state index in [1.165, 1.54) is 37.4 Å². The highest BCUT2D eigenvalue weighted by Gasteiger charge is 2.45. The summed E-state index contributed by atoms with van der Waals surface area (Å²) in [5.41, 5.74) is 1.26. The molecule has 0 N–H and O–H groups in total. The summed E-state index contributed by atoms with van der Waals surface area (Å²) in [4.78, 5) is 11.5. The van der Waals surface area contributed by atoms with E-state index in [1.54, 1.807) is 0 Å². The molecule has 156 valence electrons. The Balaban J connectivity index is 1.68. The Morgan fingerprint density at radius 3 is 2.86 bits per heavy atom. The molecule has 0 radical (unpaired) electrons. The van der Waals surface area contributed by atoms with Crippen LogP contribution in [0, 0.1) is 5.92 Å². The van der Waals surface area contributed by atoms with E-state index in [0.717, 1.165) is 50.0 Å². The van der Waals surface area contributed by atoms with Crippen molar-refractivity contribution in [2.75, 3.05) is 26.7 Å². The number of hydrogen-bond donors (Lipinski definition) is 0. The fourth-order valence-electron chi connectivity index (χ4n) is 4.18. The van der Waals surface area contributed by atoms with E-state index in [4.69, 9.17) is 21.1 Å². The highest BCUT2D eigenvalue weighted by atomic mass is 35.5. The zero-order valence-corrected chi connectivity index (χ0v) is 18.4. The van der Waals surface area contributed by atoms with Gasteiger partial charge in [-0.05, 0) is 19.3 Å². The third-order valence-corrected chi connectivity index (χ3v) is 6.54. The number of nitrogens with zero attached hydrogens (tertiary/aromatic N) is 3. The van der Waals surface area contributed by atoms with Gasteiger partial charge in [0, 0.05) is 29.5 Å². The van der Waals surface area contributed by atoms with Gasteiger partial charge in [-0.25, -0.2) is 4.79 Å². The molecule has 0 spiro atoms. The second-order valence-corrected chi connectivity index (χ2v) is 8.98. The lowest BCUT2D eigenvalue weighted by Gasteiger charge is -2.47. The molecule has 3 rings (SSSR count). The predicted octanol–water partition coefficient (Wildman–Crippen LogP) is 5.23. The number of hydrogen-bond acceptors (Lipinski definition) is 6. The van der Waals surface area contributed by atoms with Crippen molar-refractivity contribution in [3.05, 3.63) is 11.8 Å². The van der Waals surface area contributed by atoms with Crippen LogP contribution in [0.25, 0.3) is 5.57 Å². The molecular formula is C20H31ClN3O3S+. The second kappa shape index (κ2) is 10.0. The molecule has 2 atom stereocenters. The molecule has 1 aliphatic carbocycles. The Morgan fingerprint density at radius 2 is 2.18 bits per heavy atom. The van der Waals surface area contributed by atoms with E-state index in [1.807, 2.05) is 0 Å². The standard InChI is InChI=1S/C20H31ClN3O3S/c1-3-4-5-6-13-26-18-17(22-28-23-18)16-11-8-12-24(2,14-16)19(27-20(21)25)15-9-7-10-15/h11,15,19H,3-10,12-14H2,1-2H3/q+1. The van der Waals surface area contributed by atoms with E-state index in [0.29, 0.717) is 22.9 Å². The Kier molecular flexibility index (Phi) is 7.71. The summed E-state index contributed by atoms with van der Waals surface area (Å²) in [5, 5.41) is 0. The van der Waals surface area contributed by atoms with Crippen LogP contribution in [0.4, 0.5) is 4.79 Å². The Labute approximate surface area is 176 Å². The summed E-state index contributed by atoms with van der Waals surface area (Å²) < 4.78 is 21.1. The van der Waals surface area contributed by atoms with Gasteiger partial charge in [0.25, 0.3) is 5.88 Å². The molecule has 0 aromatic carbocycles. The summed E-state index contributed by atoms with van der Waals surface area (Å²) in [6.45, 7) is 4.53. The maximum Gasteiger partial charge on any atom is 0.408 e. The molecule has 1 aliphatic heterocycles. The zero-order chi connectivity index (χ0) is 20.0. The molecule has 2 heterocycles. The topological polar surface area (TPSA) is 61.3 Å². The van der Waals surface area contributed by atoms with Crippen LogP contribution >= 0.6 is 23.3 Å². The molecule has 1 fully saturated rings. The summed E-state index contributed by atoms with van der Waals surface area (Å²) >= 11 is 6.80.